The van der Waals surface area contributed by atoms with E-state index >= 15 is 0 Å². The molecule has 0 radical (unpaired) electrons. The van der Waals surface area contributed by atoms with Gasteiger partial charge in [0.05, 0.1) is 0 Å². The number of aromatic amines is 1. The average molecular weight is 222 g/mol. The van der Waals surface area contributed by atoms with E-state index in [4.69, 9.17) is 0 Å². The SMILES string of the molecule is O=C(CCc1ccsc1)Nc1ncn[nH]1. The van der Waals surface area contributed by atoms with Gasteiger partial charge in [-0.05, 0) is 28.8 Å². The second kappa shape index (κ2) is 4.70. The van der Waals surface area contributed by atoms with Crippen molar-refractivity contribution >= 4 is 23.2 Å². The maximum atomic E-state index is 11.4. The van der Waals surface area contributed by atoms with E-state index in [2.05, 4.69) is 20.5 Å². The van der Waals surface area contributed by atoms with Gasteiger partial charge in [0.15, 0.2) is 0 Å². The molecule has 1 amide bonds. The van der Waals surface area contributed by atoms with Gasteiger partial charge in [0.25, 0.3) is 0 Å². The minimum atomic E-state index is -0.0575. The van der Waals surface area contributed by atoms with Crippen LogP contribution in [0.25, 0.3) is 0 Å². The number of aryl methyl sites for hydroxylation is 1. The molecule has 0 saturated carbocycles. The number of H-pyrrole nitrogens is 1. The van der Waals surface area contributed by atoms with Crippen molar-refractivity contribution in [3.05, 3.63) is 28.7 Å². The Hall–Kier alpha value is -1.69. The lowest BCUT2D eigenvalue weighted by Gasteiger charge is -1.99. The predicted octanol–water partition coefficient (Wildman–Crippen LogP) is 1.44. The van der Waals surface area contributed by atoms with Crippen LogP contribution < -0.4 is 5.32 Å². The maximum Gasteiger partial charge on any atom is 0.227 e. The summed E-state index contributed by atoms with van der Waals surface area (Å²) in [4.78, 5) is 15.2. The van der Waals surface area contributed by atoms with Crippen LogP contribution in [0.5, 0.6) is 0 Å². The summed E-state index contributed by atoms with van der Waals surface area (Å²) < 4.78 is 0. The van der Waals surface area contributed by atoms with Crippen molar-refractivity contribution in [1.82, 2.24) is 15.2 Å². The van der Waals surface area contributed by atoms with Gasteiger partial charge in [-0.1, -0.05) is 0 Å². The van der Waals surface area contributed by atoms with Crippen LogP contribution in [0.4, 0.5) is 5.95 Å². The lowest BCUT2D eigenvalue weighted by atomic mass is 10.2. The van der Waals surface area contributed by atoms with Gasteiger partial charge >= 0.3 is 0 Å². The van der Waals surface area contributed by atoms with Gasteiger partial charge in [-0.2, -0.15) is 21.4 Å². The number of hydrogen-bond donors (Lipinski definition) is 2. The summed E-state index contributed by atoms with van der Waals surface area (Å²) in [5.74, 6) is 0.336. The van der Waals surface area contributed by atoms with Crippen molar-refractivity contribution in [1.29, 1.82) is 0 Å². The number of carbonyl (C=O) groups excluding carboxylic acids is 1. The van der Waals surface area contributed by atoms with Crippen LogP contribution in [0.3, 0.4) is 0 Å². The molecule has 6 heteroatoms. The third-order valence-electron chi connectivity index (χ3n) is 1.89. The highest BCUT2D eigenvalue weighted by molar-refractivity contribution is 7.07. The number of hydrogen-bond acceptors (Lipinski definition) is 4. The molecule has 0 aliphatic rings. The molecule has 0 atom stereocenters. The first kappa shape index (κ1) is 9.85. The van der Waals surface area contributed by atoms with E-state index in [9.17, 15) is 4.79 Å². The molecule has 15 heavy (non-hydrogen) atoms. The van der Waals surface area contributed by atoms with Crippen LogP contribution in [0.1, 0.15) is 12.0 Å². The zero-order valence-corrected chi connectivity index (χ0v) is 8.75. The molecule has 2 N–H and O–H groups in total. The zero-order valence-electron chi connectivity index (χ0n) is 7.93. The van der Waals surface area contributed by atoms with Gasteiger partial charge in [-0.15, -0.1) is 0 Å². The van der Waals surface area contributed by atoms with Gasteiger partial charge in [0, 0.05) is 6.42 Å². The lowest BCUT2D eigenvalue weighted by Crippen LogP contribution is -2.13. The Bertz CT molecular complexity index is 409. The van der Waals surface area contributed by atoms with E-state index in [0.717, 1.165) is 6.42 Å². The molecule has 0 unspecified atom stereocenters. The molecule has 0 saturated heterocycles. The lowest BCUT2D eigenvalue weighted by molar-refractivity contribution is -0.116. The summed E-state index contributed by atoms with van der Waals surface area (Å²) in [5.41, 5.74) is 1.19. The Morgan fingerprint density at radius 3 is 3.20 bits per heavy atom. The third-order valence-corrected chi connectivity index (χ3v) is 2.63. The molecule has 2 rings (SSSR count). The highest BCUT2D eigenvalue weighted by atomic mass is 32.1. The first-order valence-corrected chi connectivity index (χ1v) is 5.45. The first-order valence-electron chi connectivity index (χ1n) is 4.51. The molecule has 2 aromatic heterocycles. The molecule has 0 aromatic carbocycles. The van der Waals surface area contributed by atoms with Crippen molar-refractivity contribution < 1.29 is 4.79 Å². The standard InChI is InChI=1S/C9H10N4OS/c14-8(12-9-10-6-11-13-9)2-1-7-3-4-15-5-7/h3-6H,1-2H2,(H2,10,11,12,13,14). The van der Waals surface area contributed by atoms with E-state index in [1.165, 1.54) is 11.9 Å². The smallest absolute Gasteiger partial charge is 0.227 e. The van der Waals surface area contributed by atoms with Gasteiger partial charge in [-0.25, -0.2) is 5.10 Å². The predicted molar refractivity (Wildman–Crippen MR) is 57.7 cm³/mol. The van der Waals surface area contributed by atoms with Crippen molar-refractivity contribution in [3.63, 3.8) is 0 Å². The molecule has 0 spiro atoms. The molecule has 5 nitrogen and oxygen atoms in total. The molecule has 0 fully saturated rings. The summed E-state index contributed by atoms with van der Waals surface area (Å²) in [6.45, 7) is 0. The molecular weight excluding hydrogens is 212 g/mol. The number of nitrogens with zero attached hydrogens (tertiary/aromatic N) is 2. The van der Waals surface area contributed by atoms with E-state index in [1.54, 1.807) is 11.3 Å². The van der Waals surface area contributed by atoms with Crippen LogP contribution in [-0.4, -0.2) is 21.1 Å². The number of amides is 1. The summed E-state index contributed by atoms with van der Waals surface area (Å²) >= 11 is 1.64. The van der Waals surface area contributed by atoms with Gasteiger partial charge in [-0.3, -0.25) is 10.1 Å². The van der Waals surface area contributed by atoms with Crippen LogP contribution >= 0.6 is 11.3 Å². The highest BCUT2D eigenvalue weighted by Gasteiger charge is 2.04. The van der Waals surface area contributed by atoms with E-state index < -0.39 is 0 Å². The highest BCUT2D eigenvalue weighted by Crippen LogP contribution is 2.08. The van der Waals surface area contributed by atoms with Gasteiger partial charge < -0.3 is 0 Å². The van der Waals surface area contributed by atoms with Crippen LogP contribution in [-0.2, 0) is 11.2 Å². The van der Waals surface area contributed by atoms with Crippen molar-refractivity contribution in [2.75, 3.05) is 5.32 Å². The topological polar surface area (TPSA) is 70.7 Å². The average Bonchev–Trinajstić information content (AvgIpc) is 2.86. The Labute approximate surface area is 90.6 Å². The minimum Gasteiger partial charge on any atom is -0.295 e. The number of carbonyl (C=O) groups is 1. The zero-order chi connectivity index (χ0) is 10.5. The number of anilines is 1. The van der Waals surface area contributed by atoms with Crippen molar-refractivity contribution in [3.8, 4) is 0 Å². The largest absolute Gasteiger partial charge is 0.295 e. The normalized spacial score (nSPS) is 10.1. The fraction of sp³-hybridized carbons (Fsp3) is 0.222. The Balaban J connectivity index is 1.78. The number of rotatable bonds is 4. The van der Waals surface area contributed by atoms with Crippen LogP contribution in [0, 0.1) is 0 Å². The Morgan fingerprint density at radius 2 is 2.53 bits per heavy atom. The molecular formula is C9H10N4OS. The second-order valence-corrected chi connectivity index (χ2v) is 3.79. The van der Waals surface area contributed by atoms with E-state index in [0.29, 0.717) is 12.4 Å². The molecule has 78 valence electrons. The molecule has 0 aliphatic carbocycles. The van der Waals surface area contributed by atoms with Crippen molar-refractivity contribution in [2.24, 2.45) is 0 Å². The van der Waals surface area contributed by atoms with E-state index in [1.807, 2.05) is 16.8 Å². The number of aromatic nitrogens is 3. The summed E-state index contributed by atoms with van der Waals surface area (Å²) in [5, 5.41) is 12.9. The number of thiophene rings is 1. The fourth-order valence-corrected chi connectivity index (χ4v) is 1.86. The monoisotopic (exact) mass is 222 g/mol. The minimum absolute atomic E-state index is 0.0575. The first-order chi connectivity index (χ1) is 7.34. The molecule has 2 heterocycles. The molecule has 0 aliphatic heterocycles. The Kier molecular flexibility index (Phi) is 3.08. The van der Waals surface area contributed by atoms with E-state index in [-0.39, 0.29) is 5.91 Å². The third kappa shape index (κ3) is 2.88. The number of nitrogens with one attached hydrogen (secondary N) is 2. The summed E-state index contributed by atoms with van der Waals surface area (Å²) in [6, 6.07) is 2.02. The summed E-state index contributed by atoms with van der Waals surface area (Å²) in [6.07, 6.45) is 2.56. The fourth-order valence-electron chi connectivity index (χ4n) is 1.15. The second-order valence-electron chi connectivity index (χ2n) is 3.01. The van der Waals surface area contributed by atoms with Crippen LogP contribution in [0.15, 0.2) is 23.2 Å². The van der Waals surface area contributed by atoms with Crippen molar-refractivity contribution in [2.45, 2.75) is 12.8 Å². The Morgan fingerprint density at radius 1 is 1.60 bits per heavy atom. The maximum absolute atomic E-state index is 11.4. The molecule has 0 bridgehead atoms. The van der Waals surface area contributed by atoms with Crippen LogP contribution in [0.2, 0.25) is 0 Å². The van der Waals surface area contributed by atoms with Gasteiger partial charge in [0.1, 0.15) is 6.33 Å². The molecule has 2 aromatic rings. The quantitative estimate of drug-likeness (QED) is 0.822. The summed E-state index contributed by atoms with van der Waals surface area (Å²) in [7, 11) is 0. The van der Waals surface area contributed by atoms with Gasteiger partial charge in [0.2, 0.25) is 11.9 Å².